The number of hydrogen-bond donors (Lipinski definition) is 2. The minimum atomic E-state index is -1.03. The molecule has 0 aliphatic carbocycles. The van der Waals surface area contributed by atoms with Gasteiger partial charge in [0.2, 0.25) is 0 Å². The molecule has 1 aromatic heterocycles. The van der Waals surface area contributed by atoms with Gasteiger partial charge in [-0.05, 0) is 37.6 Å². The zero-order chi connectivity index (χ0) is 15.5. The summed E-state index contributed by atoms with van der Waals surface area (Å²) in [7, 11) is 0. The van der Waals surface area contributed by atoms with Crippen molar-refractivity contribution in [1.29, 1.82) is 0 Å². The van der Waals surface area contributed by atoms with Crippen molar-refractivity contribution in [2.75, 3.05) is 6.54 Å². The number of nitrogens with one attached hydrogen (secondary N) is 1. The number of carbonyl (C=O) groups excluding carboxylic acids is 1. The maximum atomic E-state index is 12.4. The second kappa shape index (κ2) is 6.47. The molecule has 1 saturated heterocycles. The zero-order valence-corrected chi connectivity index (χ0v) is 13.3. The van der Waals surface area contributed by atoms with E-state index >= 15 is 0 Å². The molecule has 0 spiro atoms. The Morgan fingerprint density at radius 3 is 2.90 bits per heavy atom. The molecule has 2 unspecified atom stereocenters. The summed E-state index contributed by atoms with van der Waals surface area (Å²) in [4.78, 5) is 26.7. The summed E-state index contributed by atoms with van der Waals surface area (Å²) in [6.07, 6.45) is 2.48. The first-order valence-corrected chi connectivity index (χ1v) is 8.21. The summed E-state index contributed by atoms with van der Waals surface area (Å²) in [6, 6.07) is 3.75. The van der Waals surface area contributed by atoms with Gasteiger partial charge in [0, 0.05) is 23.9 Å². The van der Waals surface area contributed by atoms with Gasteiger partial charge in [0.25, 0.3) is 0 Å². The highest BCUT2D eigenvalue weighted by Gasteiger charge is 2.48. The number of likely N-dealkylation sites (tertiary alicyclic amines) is 1. The Morgan fingerprint density at radius 1 is 1.57 bits per heavy atom. The van der Waals surface area contributed by atoms with Gasteiger partial charge in [0.1, 0.15) is 5.54 Å². The lowest BCUT2D eigenvalue weighted by Gasteiger charge is -2.34. The molecule has 2 rings (SSSR count). The molecule has 2 atom stereocenters. The van der Waals surface area contributed by atoms with Crippen molar-refractivity contribution in [3.05, 3.63) is 22.4 Å². The lowest BCUT2D eigenvalue weighted by Crippen LogP contribution is -2.56. The van der Waals surface area contributed by atoms with E-state index in [2.05, 4.69) is 5.32 Å². The van der Waals surface area contributed by atoms with Crippen molar-refractivity contribution in [3.8, 4) is 0 Å². The Morgan fingerprint density at radius 2 is 2.33 bits per heavy atom. The van der Waals surface area contributed by atoms with Crippen molar-refractivity contribution in [1.82, 2.24) is 10.2 Å². The van der Waals surface area contributed by atoms with E-state index in [0.717, 1.165) is 12.8 Å². The maximum Gasteiger partial charge on any atom is 0.329 e. The summed E-state index contributed by atoms with van der Waals surface area (Å²) in [6.45, 7) is 4.29. The lowest BCUT2D eigenvalue weighted by atomic mass is 9.93. The highest BCUT2D eigenvalue weighted by Crippen LogP contribution is 2.32. The first-order chi connectivity index (χ1) is 9.99. The quantitative estimate of drug-likeness (QED) is 0.878. The van der Waals surface area contributed by atoms with E-state index < -0.39 is 11.5 Å². The van der Waals surface area contributed by atoms with Crippen LogP contribution in [0.3, 0.4) is 0 Å². The zero-order valence-electron chi connectivity index (χ0n) is 12.5. The Kier molecular flexibility index (Phi) is 4.88. The fourth-order valence-corrected chi connectivity index (χ4v) is 3.82. The molecule has 1 aromatic rings. The molecule has 0 saturated carbocycles. The maximum absolute atomic E-state index is 12.4. The van der Waals surface area contributed by atoms with Crippen LogP contribution in [0.1, 0.15) is 38.0 Å². The number of rotatable bonds is 5. The molecule has 1 fully saturated rings. The molecular formula is C15H22N2O3S. The van der Waals surface area contributed by atoms with Gasteiger partial charge in [0.05, 0.1) is 0 Å². The molecule has 0 aromatic carbocycles. The minimum Gasteiger partial charge on any atom is -0.479 e. The van der Waals surface area contributed by atoms with Crippen molar-refractivity contribution in [2.24, 2.45) is 0 Å². The van der Waals surface area contributed by atoms with E-state index in [1.165, 1.54) is 9.78 Å². The van der Waals surface area contributed by atoms with E-state index in [-0.39, 0.29) is 12.1 Å². The van der Waals surface area contributed by atoms with Gasteiger partial charge in [0.15, 0.2) is 0 Å². The lowest BCUT2D eigenvalue weighted by molar-refractivity contribution is -0.148. The molecule has 5 nitrogen and oxygen atoms in total. The average Bonchev–Trinajstić information content (AvgIpc) is 3.06. The van der Waals surface area contributed by atoms with Crippen molar-refractivity contribution >= 4 is 23.3 Å². The smallest absolute Gasteiger partial charge is 0.329 e. The molecular weight excluding hydrogens is 288 g/mol. The van der Waals surface area contributed by atoms with Gasteiger partial charge in [-0.25, -0.2) is 9.59 Å². The van der Waals surface area contributed by atoms with Gasteiger partial charge >= 0.3 is 12.0 Å². The van der Waals surface area contributed by atoms with Crippen LogP contribution in [0.25, 0.3) is 0 Å². The first-order valence-electron chi connectivity index (χ1n) is 7.33. The number of amides is 2. The number of carbonyl (C=O) groups is 2. The van der Waals surface area contributed by atoms with E-state index in [9.17, 15) is 14.7 Å². The molecule has 0 bridgehead atoms. The second-order valence-electron chi connectivity index (χ2n) is 5.58. The second-order valence-corrected chi connectivity index (χ2v) is 6.61. The van der Waals surface area contributed by atoms with E-state index in [1.54, 1.807) is 11.3 Å². The van der Waals surface area contributed by atoms with E-state index in [4.69, 9.17) is 0 Å². The SMILES string of the molecule is CCC1(C(=O)O)CCCN1C(=O)NC(C)Cc1cccs1. The summed E-state index contributed by atoms with van der Waals surface area (Å²) < 4.78 is 0. The molecule has 2 amide bonds. The van der Waals surface area contributed by atoms with Gasteiger partial charge in [-0.3, -0.25) is 0 Å². The van der Waals surface area contributed by atoms with Gasteiger partial charge in [-0.1, -0.05) is 13.0 Å². The van der Waals surface area contributed by atoms with Crippen molar-refractivity contribution < 1.29 is 14.7 Å². The predicted octanol–water partition coefficient (Wildman–Crippen LogP) is 2.72. The Balaban J connectivity index is 2.00. The highest BCUT2D eigenvalue weighted by molar-refractivity contribution is 7.09. The van der Waals surface area contributed by atoms with Crippen molar-refractivity contribution in [3.63, 3.8) is 0 Å². The fourth-order valence-electron chi connectivity index (χ4n) is 2.99. The molecule has 6 heteroatoms. The van der Waals surface area contributed by atoms with Gasteiger partial charge < -0.3 is 15.3 Å². The number of urea groups is 1. The third kappa shape index (κ3) is 3.20. The largest absolute Gasteiger partial charge is 0.479 e. The molecule has 2 N–H and O–H groups in total. The van der Waals surface area contributed by atoms with E-state index in [0.29, 0.717) is 19.4 Å². The molecule has 1 aliphatic heterocycles. The van der Waals surface area contributed by atoms with E-state index in [1.807, 2.05) is 31.4 Å². The Labute approximate surface area is 129 Å². The highest BCUT2D eigenvalue weighted by atomic mass is 32.1. The number of thiophene rings is 1. The van der Waals surface area contributed by atoms with Crippen LogP contribution in [0, 0.1) is 0 Å². The summed E-state index contributed by atoms with van der Waals surface area (Å²) in [5, 5.41) is 14.4. The van der Waals surface area contributed by atoms with Crippen molar-refractivity contribution in [2.45, 2.75) is 51.1 Å². The first kappa shape index (κ1) is 15.8. The topological polar surface area (TPSA) is 69.6 Å². The minimum absolute atomic E-state index is 0.0138. The monoisotopic (exact) mass is 310 g/mol. The predicted molar refractivity (Wildman–Crippen MR) is 82.6 cm³/mol. The van der Waals surface area contributed by atoms with Crippen LogP contribution in [0.5, 0.6) is 0 Å². The molecule has 0 radical (unpaired) electrons. The standard InChI is InChI=1S/C15H22N2O3S/c1-3-15(13(18)19)7-5-8-17(15)14(20)16-11(2)10-12-6-4-9-21-12/h4,6,9,11H,3,5,7-8,10H2,1-2H3,(H,16,20)(H,18,19). The molecule has 2 heterocycles. The number of hydrogen-bond acceptors (Lipinski definition) is 3. The Bertz CT molecular complexity index is 503. The van der Waals surface area contributed by atoms with Crippen LogP contribution in [0.15, 0.2) is 17.5 Å². The number of aliphatic carboxylic acids is 1. The van der Waals surface area contributed by atoms with Gasteiger partial charge in [-0.15, -0.1) is 11.3 Å². The summed E-state index contributed by atoms with van der Waals surface area (Å²) in [5.74, 6) is -0.899. The van der Waals surface area contributed by atoms with Crippen LogP contribution in [-0.2, 0) is 11.2 Å². The van der Waals surface area contributed by atoms with Gasteiger partial charge in [-0.2, -0.15) is 0 Å². The third-order valence-electron chi connectivity index (χ3n) is 4.17. The number of carboxylic acids is 1. The summed E-state index contributed by atoms with van der Waals surface area (Å²) >= 11 is 1.66. The third-order valence-corrected chi connectivity index (χ3v) is 5.07. The summed E-state index contributed by atoms with van der Waals surface area (Å²) in [5.41, 5.74) is -1.03. The number of nitrogens with zero attached hydrogens (tertiary/aromatic N) is 1. The van der Waals surface area contributed by atoms with Crippen LogP contribution >= 0.6 is 11.3 Å². The van der Waals surface area contributed by atoms with Crippen LogP contribution < -0.4 is 5.32 Å². The van der Waals surface area contributed by atoms with Crippen LogP contribution in [0.4, 0.5) is 4.79 Å². The molecule has 21 heavy (non-hydrogen) atoms. The Hall–Kier alpha value is -1.56. The number of carboxylic acid groups (broad SMARTS) is 1. The normalized spacial score (nSPS) is 23.0. The van der Waals surface area contributed by atoms with Crippen LogP contribution in [0.2, 0.25) is 0 Å². The van der Waals surface area contributed by atoms with Crippen LogP contribution in [-0.4, -0.2) is 40.1 Å². The molecule has 1 aliphatic rings. The molecule has 116 valence electrons. The average molecular weight is 310 g/mol. The fraction of sp³-hybridized carbons (Fsp3) is 0.600.